The summed E-state index contributed by atoms with van der Waals surface area (Å²) in [6.07, 6.45) is 5.50. The lowest BCUT2D eigenvalue weighted by atomic mass is 10.1. The van der Waals surface area contributed by atoms with Gasteiger partial charge in [-0.2, -0.15) is 0 Å². The van der Waals surface area contributed by atoms with E-state index in [1.54, 1.807) is 16.7 Å². The van der Waals surface area contributed by atoms with Crippen molar-refractivity contribution in [3.05, 3.63) is 95.1 Å². The molecular weight excluding hydrogens is 462 g/mol. The SMILES string of the molecule is CC=C1Nc2cc(C(=O)NCCC[NH+](CCCC)Cc3ccccc3)ccc2Sc2ccc(C)cc21. The predicted molar refractivity (Wildman–Crippen MR) is 152 cm³/mol. The van der Waals surface area contributed by atoms with Gasteiger partial charge in [0.2, 0.25) is 0 Å². The summed E-state index contributed by atoms with van der Waals surface area (Å²) >= 11 is 1.75. The summed E-state index contributed by atoms with van der Waals surface area (Å²) in [5, 5.41) is 6.71. The van der Waals surface area contributed by atoms with Gasteiger partial charge in [-0.1, -0.05) is 73.1 Å². The predicted octanol–water partition coefficient (Wildman–Crippen LogP) is 5.94. The number of hydrogen-bond acceptors (Lipinski definition) is 3. The number of quaternary nitrogens is 1. The first-order valence-electron chi connectivity index (χ1n) is 13.1. The molecule has 0 spiro atoms. The number of nitrogens with one attached hydrogen (secondary N) is 3. The highest BCUT2D eigenvalue weighted by Gasteiger charge is 2.19. The van der Waals surface area contributed by atoms with Crippen LogP contribution in [0.25, 0.3) is 5.70 Å². The zero-order valence-corrected chi connectivity index (χ0v) is 22.5. The first kappa shape index (κ1) is 26.1. The number of fused-ring (bicyclic) bond motifs is 2. The number of benzene rings is 3. The van der Waals surface area contributed by atoms with Crippen LogP contribution in [0, 0.1) is 6.92 Å². The van der Waals surface area contributed by atoms with Crippen molar-refractivity contribution < 1.29 is 9.69 Å². The summed E-state index contributed by atoms with van der Waals surface area (Å²) < 4.78 is 0. The molecule has 3 N–H and O–H groups in total. The van der Waals surface area contributed by atoms with Crippen LogP contribution in [0.3, 0.4) is 0 Å². The molecule has 3 aromatic carbocycles. The van der Waals surface area contributed by atoms with E-state index in [9.17, 15) is 4.79 Å². The van der Waals surface area contributed by atoms with E-state index in [2.05, 4.69) is 85.2 Å². The van der Waals surface area contributed by atoms with Gasteiger partial charge < -0.3 is 15.5 Å². The van der Waals surface area contributed by atoms with E-state index < -0.39 is 0 Å². The van der Waals surface area contributed by atoms with E-state index in [1.807, 2.05) is 19.1 Å². The van der Waals surface area contributed by atoms with Gasteiger partial charge in [-0.25, -0.2) is 0 Å². The van der Waals surface area contributed by atoms with Crippen molar-refractivity contribution in [3.8, 4) is 0 Å². The van der Waals surface area contributed by atoms with Gasteiger partial charge in [-0.15, -0.1) is 0 Å². The minimum Gasteiger partial charge on any atom is -0.354 e. The molecule has 1 unspecified atom stereocenters. The van der Waals surface area contributed by atoms with Crippen molar-refractivity contribution in [3.63, 3.8) is 0 Å². The highest BCUT2D eigenvalue weighted by atomic mass is 32.2. The minimum absolute atomic E-state index is 0.0117. The van der Waals surface area contributed by atoms with Gasteiger partial charge in [-0.3, -0.25) is 4.79 Å². The number of carbonyl (C=O) groups excluding carboxylic acids is 1. The normalized spacial score (nSPS) is 14.4. The second-order valence-electron chi connectivity index (χ2n) is 9.52. The van der Waals surface area contributed by atoms with Crippen molar-refractivity contribution in [2.75, 3.05) is 25.0 Å². The maximum Gasteiger partial charge on any atom is 0.251 e. The van der Waals surface area contributed by atoms with Gasteiger partial charge in [0.15, 0.2) is 0 Å². The van der Waals surface area contributed by atoms with Crippen molar-refractivity contribution in [1.82, 2.24) is 5.32 Å². The number of anilines is 1. The topological polar surface area (TPSA) is 45.6 Å². The Hall–Kier alpha value is -3.02. The lowest BCUT2D eigenvalue weighted by Crippen LogP contribution is -3.10. The molecule has 188 valence electrons. The van der Waals surface area contributed by atoms with Gasteiger partial charge in [-0.05, 0) is 50.6 Å². The number of carbonyl (C=O) groups is 1. The highest BCUT2D eigenvalue weighted by molar-refractivity contribution is 7.99. The molecule has 3 aromatic rings. The van der Waals surface area contributed by atoms with E-state index >= 15 is 0 Å². The van der Waals surface area contributed by atoms with Crippen LogP contribution in [0.4, 0.5) is 5.69 Å². The first-order chi connectivity index (χ1) is 17.6. The van der Waals surface area contributed by atoms with Crippen molar-refractivity contribution in [2.45, 2.75) is 56.4 Å². The van der Waals surface area contributed by atoms with Gasteiger partial charge >= 0.3 is 0 Å². The molecular formula is C31H38N3OS+. The average Bonchev–Trinajstić information content (AvgIpc) is 3.05. The Bertz CT molecular complexity index is 1210. The molecule has 0 radical (unpaired) electrons. The number of aryl methyl sites for hydroxylation is 1. The zero-order chi connectivity index (χ0) is 25.3. The lowest BCUT2D eigenvalue weighted by molar-refractivity contribution is -0.914. The second kappa shape index (κ2) is 12.8. The fourth-order valence-electron chi connectivity index (χ4n) is 4.62. The molecule has 0 aliphatic carbocycles. The molecule has 1 amide bonds. The first-order valence-corrected chi connectivity index (χ1v) is 13.9. The molecule has 0 aromatic heterocycles. The summed E-state index contributed by atoms with van der Waals surface area (Å²) in [6.45, 7) is 10.4. The number of amides is 1. The van der Waals surface area contributed by atoms with Crippen LogP contribution in [0.1, 0.15) is 60.2 Å². The Kier molecular flexibility index (Phi) is 9.26. The van der Waals surface area contributed by atoms with E-state index in [1.165, 1.54) is 41.0 Å². The fraction of sp³-hybridized carbons (Fsp3) is 0.323. The monoisotopic (exact) mass is 500 g/mol. The van der Waals surface area contributed by atoms with Gasteiger partial charge in [0.25, 0.3) is 5.91 Å². The molecule has 0 saturated heterocycles. The maximum absolute atomic E-state index is 13.0. The number of allylic oxidation sites excluding steroid dienone is 1. The molecule has 1 atom stereocenters. The van der Waals surface area contributed by atoms with Gasteiger partial charge in [0.1, 0.15) is 6.54 Å². The van der Waals surface area contributed by atoms with Crippen LogP contribution >= 0.6 is 11.8 Å². The lowest BCUT2D eigenvalue weighted by Gasteiger charge is -2.19. The summed E-state index contributed by atoms with van der Waals surface area (Å²) in [5.74, 6) is -0.0117. The quantitative estimate of drug-likeness (QED) is 0.302. The van der Waals surface area contributed by atoms with Crippen molar-refractivity contribution in [2.24, 2.45) is 0 Å². The average molecular weight is 501 g/mol. The number of hydrogen-bond donors (Lipinski definition) is 3. The fourth-order valence-corrected chi connectivity index (χ4v) is 5.62. The molecule has 4 rings (SSSR count). The third-order valence-corrected chi connectivity index (χ3v) is 7.77. The largest absolute Gasteiger partial charge is 0.354 e. The third kappa shape index (κ3) is 6.80. The zero-order valence-electron chi connectivity index (χ0n) is 21.7. The minimum atomic E-state index is -0.0117. The molecule has 1 aliphatic rings. The van der Waals surface area contributed by atoms with Crippen LogP contribution < -0.4 is 15.5 Å². The van der Waals surface area contributed by atoms with Crippen LogP contribution in [0.5, 0.6) is 0 Å². The molecule has 4 nitrogen and oxygen atoms in total. The Morgan fingerprint density at radius 1 is 1.00 bits per heavy atom. The van der Waals surface area contributed by atoms with Crippen LogP contribution in [-0.2, 0) is 6.54 Å². The second-order valence-corrected chi connectivity index (χ2v) is 10.6. The van der Waals surface area contributed by atoms with E-state index in [4.69, 9.17) is 0 Å². The number of unbranched alkanes of at least 4 members (excludes halogenated alkanes) is 1. The summed E-state index contributed by atoms with van der Waals surface area (Å²) in [4.78, 5) is 16.9. The molecule has 1 heterocycles. The molecule has 0 saturated carbocycles. The smallest absolute Gasteiger partial charge is 0.251 e. The van der Waals surface area contributed by atoms with E-state index in [0.717, 1.165) is 35.8 Å². The standard InChI is InChI=1S/C31H37N3OS/c1-4-6-18-34(22-24-11-8-7-9-12-24)19-10-17-32-31(35)25-14-16-30-28(21-25)33-27(5-2)26-20-23(3)13-15-29(26)36-30/h5,7-9,11-16,20-21,33H,4,6,10,17-19,22H2,1-3H3,(H,32,35)/p+1. The highest BCUT2D eigenvalue weighted by Crippen LogP contribution is 2.42. The summed E-state index contributed by atoms with van der Waals surface area (Å²) in [5.41, 5.74) is 6.56. The molecule has 1 aliphatic heterocycles. The number of rotatable bonds is 10. The molecule has 0 fully saturated rings. The van der Waals surface area contributed by atoms with Crippen LogP contribution in [0.2, 0.25) is 0 Å². The Labute approximate surface area is 220 Å². The molecule has 5 heteroatoms. The van der Waals surface area contributed by atoms with Crippen LogP contribution in [-0.4, -0.2) is 25.5 Å². The van der Waals surface area contributed by atoms with Gasteiger partial charge in [0.05, 0.1) is 18.8 Å². The van der Waals surface area contributed by atoms with Crippen LogP contribution in [0.15, 0.2) is 82.6 Å². The maximum atomic E-state index is 13.0. The van der Waals surface area contributed by atoms with E-state index in [0.29, 0.717) is 12.1 Å². The summed E-state index contributed by atoms with van der Waals surface area (Å²) in [6, 6.07) is 23.2. The molecule has 36 heavy (non-hydrogen) atoms. The van der Waals surface area contributed by atoms with Crippen molar-refractivity contribution in [1.29, 1.82) is 0 Å². The van der Waals surface area contributed by atoms with E-state index in [-0.39, 0.29) is 5.91 Å². The van der Waals surface area contributed by atoms with Crippen molar-refractivity contribution >= 4 is 29.1 Å². The summed E-state index contributed by atoms with van der Waals surface area (Å²) in [7, 11) is 0. The molecule has 0 bridgehead atoms. The Balaban J connectivity index is 1.35. The Morgan fingerprint density at radius 3 is 2.56 bits per heavy atom. The Morgan fingerprint density at radius 2 is 1.78 bits per heavy atom. The third-order valence-electron chi connectivity index (χ3n) is 6.62. The van der Waals surface area contributed by atoms with Gasteiger partial charge in [0, 0.05) is 45.1 Å².